The van der Waals surface area contributed by atoms with Crippen LogP contribution in [0.3, 0.4) is 0 Å². The maximum Gasteiger partial charge on any atom is 0.166 e. The van der Waals surface area contributed by atoms with E-state index in [1.165, 1.54) is 21.7 Å². The summed E-state index contributed by atoms with van der Waals surface area (Å²) in [5, 5.41) is 10.3. The fourth-order valence-corrected chi connectivity index (χ4v) is 3.46. The topological polar surface area (TPSA) is 37.1 Å². The van der Waals surface area contributed by atoms with Crippen molar-refractivity contribution < 1.29 is 14.7 Å². The summed E-state index contributed by atoms with van der Waals surface area (Å²) in [6.07, 6.45) is 0. The highest BCUT2D eigenvalue weighted by atomic mass is 16.5. The standard InChI is InChI=1S/C20H26N2O2/c1-15-6-4-8-18(16(15)2)22-12-10-21(11-13-22)14-17-7-5-9-19(24-3)20(17)23/h4-9,23H,10-14H2,1-3H3/p+1. The third-order valence-corrected chi connectivity index (χ3v) is 5.13. The lowest BCUT2D eigenvalue weighted by molar-refractivity contribution is -0.914. The van der Waals surface area contributed by atoms with Gasteiger partial charge in [-0.3, -0.25) is 0 Å². The molecule has 1 aliphatic heterocycles. The number of methoxy groups -OCH3 is 1. The molecular formula is C20H27N2O2+. The molecule has 0 aromatic heterocycles. The first kappa shape index (κ1) is 16.7. The van der Waals surface area contributed by atoms with E-state index in [4.69, 9.17) is 4.74 Å². The summed E-state index contributed by atoms with van der Waals surface area (Å²) in [6.45, 7) is 9.45. The minimum Gasteiger partial charge on any atom is -0.504 e. The molecule has 4 nitrogen and oxygen atoms in total. The SMILES string of the molecule is COc1cccc(C[NH+]2CCN(c3cccc(C)c3C)CC2)c1O. The van der Waals surface area contributed by atoms with E-state index in [9.17, 15) is 5.11 Å². The molecule has 1 aliphatic rings. The number of nitrogens with one attached hydrogen (secondary N) is 1. The quantitative estimate of drug-likeness (QED) is 0.901. The van der Waals surface area contributed by atoms with Gasteiger partial charge in [-0.25, -0.2) is 0 Å². The summed E-state index contributed by atoms with van der Waals surface area (Å²) < 4.78 is 5.21. The molecule has 0 unspecified atom stereocenters. The maximum atomic E-state index is 10.3. The van der Waals surface area contributed by atoms with Gasteiger partial charge in [-0.2, -0.15) is 0 Å². The van der Waals surface area contributed by atoms with Crippen molar-refractivity contribution in [1.29, 1.82) is 0 Å². The van der Waals surface area contributed by atoms with Crippen LogP contribution < -0.4 is 14.5 Å². The molecular weight excluding hydrogens is 300 g/mol. The van der Waals surface area contributed by atoms with Crippen molar-refractivity contribution >= 4 is 5.69 Å². The second-order valence-corrected chi connectivity index (χ2v) is 6.60. The van der Waals surface area contributed by atoms with E-state index in [0.717, 1.165) is 38.3 Å². The highest BCUT2D eigenvalue weighted by Crippen LogP contribution is 2.28. The van der Waals surface area contributed by atoms with E-state index >= 15 is 0 Å². The first-order chi connectivity index (χ1) is 11.6. The molecule has 0 atom stereocenters. The fourth-order valence-electron chi connectivity index (χ4n) is 3.46. The Morgan fingerprint density at radius 2 is 1.79 bits per heavy atom. The Balaban J connectivity index is 1.64. The van der Waals surface area contributed by atoms with Crippen LogP contribution in [-0.2, 0) is 6.54 Å². The van der Waals surface area contributed by atoms with Gasteiger partial charge in [0.1, 0.15) is 6.54 Å². The lowest BCUT2D eigenvalue weighted by Crippen LogP contribution is -3.13. The van der Waals surface area contributed by atoms with Crippen molar-refractivity contribution in [2.24, 2.45) is 0 Å². The van der Waals surface area contributed by atoms with Gasteiger partial charge in [0.2, 0.25) is 0 Å². The van der Waals surface area contributed by atoms with Crippen LogP contribution in [-0.4, -0.2) is 38.4 Å². The zero-order valence-electron chi connectivity index (χ0n) is 14.8. The average Bonchev–Trinajstić information content (AvgIpc) is 2.60. The smallest absolute Gasteiger partial charge is 0.166 e. The number of quaternary nitrogens is 1. The van der Waals surface area contributed by atoms with Crippen LogP contribution in [0.25, 0.3) is 0 Å². The van der Waals surface area contributed by atoms with E-state index in [1.54, 1.807) is 13.2 Å². The molecule has 0 radical (unpaired) electrons. The predicted octanol–water partition coefficient (Wildman–Crippen LogP) is 1.92. The van der Waals surface area contributed by atoms with E-state index in [1.807, 2.05) is 12.1 Å². The van der Waals surface area contributed by atoms with Crippen molar-refractivity contribution in [2.75, 3.05) is 38.2 Å². The van der Waals surface area contributed by atoms with E-state index in [-0.39, 0.29) is 5.75 Å². The molecule has 1 fully saturated rings. The van der Waals surface area contributed by atoms with Crippen molar-refractivity contribution in [3.8, 4) is 11.5 Å². The zero-order valence-corrected chi connectivity index (χ0v) is 14.8. The molecule has 0 aliphatic carbocycles. The highest BCUT2D eigenvalue weighted by molar-refractivity contribution is 5.56. The first-order valence-corrected chi connectivity index (χ1v) is 8.59. The first-order valence-electron chi connectivity index (χ1n) is 8.59. The number of benzene rings is 2. The zero-order chi connectivity index (χ0) is 17.1. The van der Waals surface area contributed by atoms with Gasteiger partial charge in [-0.15, -0.1) is 0 Å². The number of nitrogens with zero attached hydrogens (tertiary/aromatic N) is 1. The van der Waals surface area contributed by atoms with Crippen LogP contribution in [0.15, 0.2) is 36.4 Å². The Morgan fingerprint density at radius 3 is 2.50 bits per heavy atom. The predicted molar refractivity (Wildman–Crippen MR) is 97.2 cm³/mol. The number of rotatable bonds is 4. The monoisotopic (exact) mass is 327 g/mol. The lowest BCUT2D eigenvalue weighted by Gasteiger charge is -2.34. The third-order valence-electron chi connectivity index (χ3n) is 5.13. The molecule has 0 saturated carbocycles. The van der Waals surface area contributed by atoms with Gasteiger partial charge >= 0.3 is 0 Å². The van der Waals surface area contributed by atoms with Crippen molar-refractivity contribution in [3.05, 3.63) is 53.1 Å². The van der Waals surface area contributed by atoms with Crippen LogP contribution in [0, 0.1) is 13.8 Å². The van der Waals surface area contributed by atoms with Gasteiger partial charge in [0.15, 0.2) is 11.5 Å². The molecule has 128 valence electrons. The van der Waals surface area contributed by atoms with Crippen molar-refractivity contribution in [1.82, 2.24) is 0 Å². The van der Waals surface area contributed by atoms with Crippen LogP contribution >= 0.6 is 0 Å². The summed E-state index contributed by atoms with van der Waals surface area (Å²) in [6, 6.07) is 12.3. The van der Waals surface area contributed by atoms with E-state index in [2.05, 4.69) is 36.9 Å². The van der Waals surface area contributed by atoms with Crippen LogP contribution in [0.1, 0.15) is 16.7 Å². The number of phenolic OH excluding ortho intramolecular Hbond substituents is 1. The molecule has 1 saturated heterocycles. The number of para-hydroxylation sites is 1. The molecule has 24 heavy (non-hydrogen) atoms. The Bertz CT molecular complexity index is 707. The normalized spacial score (nSPS) is 15.5. The minimum atomic E-state index is 0.282. The number of piperazine rings is 1. The summed E-state index contributed by atoms with van der Waals surface area (Å²) in [7, 11) is 1.59. The molecule has 0 spiro atoms. The van der Waals surface area contributed by atoms with Crippen molar-refractivity contribution in [2.45, 2.75) is 20.4 Å². The summed E-state index contributed by atoms with van der Waals surface area (Å²) in [5.74, 6) is 0.838. The molecule has 2 N–H and O–H groups in total. The summed E-state index contributed by atoms with van der Waals surface area (Å²) >= 11 is 0. The molecule has 3 rings (SSSR count). The van der Waals surface area contributed by atoms with Gasteiger partial charge in [-0.05, 0) is 43.2 Å². The van der Waals surface area contributed by atoms with Gasteiger partial charge < -0.3 is 19.6 Å². The Morgan fingerprint density at radius 1 is 1.08 bits per heavy atom. The lowest BCUT2D eigenvalue weighted by atomic mass is 10.1. The third kappa shape index (κ3) is 3.34. The number of ether oxygens (including phenoxy) is 1. The van der Waals surface area contributed by atoms with Gasteiger partial charge in [0.05, 0.1) is 38.9 Å². The fraction of sp³-hybridized carbons (Fsp3) is 0.400. The molecule has 2 aromatic rings. The number of aromatic hydroxyl groups is 1. The molecule has 1 heterocycles. The molecule has 2 aromatic carbocycles. The average molecular weight is 327 g/mol. The number of hydrogen-bond donors (Lipinski definition) is 2. The number of phenols is 1. The number of aryl methyl sites for hydroxylation is 1. The van der Waals surface area contributed by atoms with Gasteiger partial charge in [-0.1, -0.05) is 18.2 Å². The Kier molecular flexibility index (Phi) is 4.95. The minimum absolute atomic E-state index is 0.282. The van der Waals surface area contributed by atoms with E-state index in [0.29, 0.717) is 5.75 Å². The van der Waals surface area contributed by atoms with Crippen LogP contribution in [0.4, 0.5) is 5.69 Å². The van der Waals surface area contributed by atoms with Gasteiger partial charge in [0.25, 0.3) is 0 Å². The number of anilines is 1. The van der Waals surface area contributed by atoms with Crippen LogP contribution in [0.2, 0.25) is 0 Å². The second kappa shape index (κ2) is 7.14. The highest BCUT2D eigenvalue weighted by Gasteiger charge is 2.23. The maximum absolute atomic E-state index is 10.3. The molecule has 0 amide bonds. The molecule has 0 bridgehead atoms. The Hall–Kier alpha value is -2.20. The second-order valence-electron chi connectivity index (χ2n) is 6.60. The largest absolute Gasteiger partial charge is 0.504 e. The molecule has 4 heteroatoms. The summed E-state index contributed by atoms with van der Waals surface area (Å²) in [4.78, 5) is 3.98. The van der Waals surface area contributed by atoms with Crippen LogP contribution in [0.5, 0.6) is 11.5 Å². The Labute approximate surface area is 144 Å². The van der Waals surface area contributed by atoms with E-state index < -0.39 is 0 Å². The number of hydrogen-bond acceptors (Lipinski definition) is 3. The van der Waals surface area contributed by atoms with Crippen molar-refractivity contribution in [3.63, 3.8) is 0 Å². The summed E-state index contributed by atoms with van der Waals surface area (Å²) in [5.41, 5.74) is 5.05. The van der Waals surface area contributed by atoms with Gasteiger partial charge in [0, 0.05) is 5.69 Å².